The Morgan fingerprint density at radius 2 is 2.06 bits per heavy atom. The molecule has 1 saturated heterocycles. The van der Waals surface area contributed by atoms with Crippen LogP contribution in [0, 0.1) is 13.8 Å². The average Bonchev–Trinajstić information content (AvgIpc) is 2.31. The smallest absolute Gasteiger partial charge is 0.156 e. The molecule has 1 aliphatic rings. The number of aromatic nitrogens is 2. The molecule has 0 spiro atoms. The van der Waals surface area contributed by atoms with Crippen molar-refractivity contribution in [2.75, 3.05) is 23.7 Å². The van der Waals surface area contributed by atoms with E-state index in [4.69, 9.17) is 5.73 Å². The maximum atomic E-state index is 5.89. The van der Waals surface area contributed by atoms with E-state index in [1.807, 2.05) is 18.7 Å². The van der Waals surface area contributed by atoms with Gasteiger partial charge in [-0.25, -0.2) is 0 Å². The van der Waals surface area contributed by atoms with Crippen molar-refractivity contribution >= 4 is 17.6 Å². The monoisotopic (exact) mass is 266 g/mol. The zero-order valence-electron chi connectivity index (χ0n) is 11.7. The van der Waals surface area contributed by atoms with Crippen LogP contribution in [0.25, 0.3) is 0 Å². The molecule has 0 radical (unpaired) electrons. The quantitative estimate of drug-likeness (QED) is 0.886. The second-order valence-electron chi connectivity index (χ2n) is 5.45. The maximum absolute atomic E-state index is 5.89. The highest BCUT2D eigenvalue weighted by Crippen LogP contribution is 2.33. The van der Waals surface area contributed by atoms with Crippen LogP contribution in [0.1, 0.15) is 30.7 Å². The van der Waals surface area contributed by atoms with Crippen molar-refractivity contribution < 1.29 is 0 Å². The highest BCUT2D eigenvalue weighted by atomic mass is 32.2. The van der Waals surface area contributed by atoms with E-state index in [0.717, 1.165) is 35.9 Å². The van der Waals surface area contributed by atoms with E-state index >= 15 is 0 Å². The number of nitrogens with two attached hydrogens (primary N) is 1. The number of anilines is 1. The molecule has 0 unspecified atom stereocenters. The summed E-state index contributed by atoms with van der Waals surface area (Å²) in [5, 5.41) is 8.64. The molecule has 18 heavy (non-hydrogen) atoms. The molecule has 2 N–H and O–H groups in total. The van der Waals surface area contributed by atoms with Gasteiger partial charge in [0.2, 0.25) is 0 Å². The first-order valence-corrected chi connectivity index (χ1v) is 7.35. The van der Waals surface area contributed by atoms with Gasteiger partial charge in [-0.1, -0.05) is 0 Å². The number of hydrogen-bond acceptors (Lipinski definition) is 5. The van der Waals surface area contributed by atoms with Gasteiger partial charge in [0.1, 0.15) is 0 Å². The lowest BCUT2D eigenvalue weighted by atomic mass is 10.1. The minimum Gasteiger partial charge on any atom is -0.353 e. The first-order valence-electron chi connectivity index (χ1n) is 6.36. The average molecular weight is 266 g/mol. The van der Waals surface area contributed by atoms with Crippen molar-refractivity contribution in [1.29, 1.82) is 0 Å². The van der Waals surface area contributed by atoms with Crippen LogP contribution < -0.4 is 10.6 Å². The third kappa shape index (κ3) is 2.62. The van der Waals surface area contributed by atoms with E-state index in [1.54, 1.807) is 0 Å². The molecule has 0 aliphatic carbocycles. The lowest BCUT2D eigenvalue weighted by Crippen LogP contribution is -2.44. The molecule has 0 atom stereocenters. The van der Waals surface area contributed by atoms with Crippen LogP contribution in [0.3, 0.4) is 0 Å². The van der Waals surface area contributed by atoms with Crippen molar-refractivity contribution in [2.45, 2.75) is 39.0 Å². The Balaban J connectivity index is 2.36. The Kier molecular flexibility index (Phi) is 3.82. The summed E-state index contributed by atoms with van der Waals surface area (Å²) in [7, 11) is 0. The molecule has 0 bridgehead atoms. The van der Waals surface area contributed by atoms with Crippen LogP contribution in [-0.2, 0) is 6.54 Å². The SMILES string of the molecule is Cc1nnc(N2CCSC(C)(C)C2)c(CN)c1C. The molecule has 1 aliphatic heterocycles. The lowest BCUT2D eigenvalue weighted by Gasteiger charge is -2.38. The predicted molar refractivity (Wildman–Crippen MR) is 78.1 cm³/mol. The largest absolute Gasteiger partial charge is 0.353 e. The molecule has 0 amide bonds. The molecule has 1 fully saturated rings. The molecule has 1 aromatic rings. The van der Waals surface area contributed by atoms with Gasteiger partial charge in [0.15, 0.2) is 5.82 Å². The van der Waals surface area contributed by atoms with Crippen LogP contribution in [0.5, 0.6) is 0 Å². The number of thioether (sulfide) groups is 1. The Labute approximate surface area is 113 Å². The van der Waals surface area contributed by atoms with Gasteiger partial charge in [0.05, 0.1) is 5.69 Å². The summed E-state index contributed by atoms with van der Waals surface area (Å²) in [6, 6.07) is 0. The third-order valence-electron chi connectivity index (χ3n) is 3.49. The van der Waals surface area contributed by atoms with Gasteiger partial charge in [-0.3, -0.25) is 0 Å². The van der Waals surface area contributed by atoms with Crippen LogP contribution in [-0.4, -0.2) is 33.8 Å². The number of rotatable bonds is 2. The molecule has 1 aromatic heterocycles. The molecule has 2 rings (SSSR count). The number of aryl methyl sites for hydroxylation is 1. The highest BCUT2D eigenvalue weighted by Gasteiger charge is 2.29. The first-order chi connectivity index (χ1) is 8.44. The Hall–Kier alpha value is -0.810. The van der Waals surface area contributed by atoms with E-state index in [9.17, 15) is 0 Å². The van der Waals surface area contributed by atoms with Crippen molar-refractivity contribution in [1.82, 2.24) is 10.2 Å². The zero-order chi connectivity index (χ0) is 13.3. The molecule has 5 heteroatoms. The molecular formula is C13H22N4S. The van der Waals surface area contributed by atoms with Crippen LogP contribution in [0.4, 0.5) is 5.82 Å². The molecule has 2 heterocycles. The fourth-order valence-electron chi connectivity index (χ4n) is 2.34. The molecular weight excluding hydrogens is 244 g/mol. The predicted octanol–water partition coefficient (Wildman–Crippen LogP) is 1.88. The molecule has 100 valence electrons. The van der Waals surface area contributed by atoms with Crippen molar-refractivity contribution in [3.05, 3.63) is 16.8 Å². The second-order valence-corrected chi connectivity index (χ2v) is 7.25. The molecule has 0 saturated carbocycles. The summed E-state index contributed by atoms with van der Waals surface area (Å²) in [6.45, 7) is 11.2. The van der Waals surface area contributed by atoms with Crippen molar-refractivity contribution in [2.24, 2.45) is 5.73 Å². The Morgan fingerprint density at radius 1 is 1.33 bits per heavy atom. The van der Waals surface area contributed by atoms with Gasteiger partial charge in [-0.2, -0.15) is 16.9 Å². The van der Waals surface area contributed by atoms with Gasteiger partial charge < -0.3 is 10.6 Å². The van der Waals surface area contributed by atoms with Crippen LogP contribution in [0.15, 0.2) is 0 Å². The van der Waals surface area contributed by atoms with Gasteiger partial charge in [-0.05, 0) is 33.3 Å². The summed E-state index contributed by atoms with van der Waals surface area (Å²) in [4.78, 5) is 2.33. The van der Waals surface area contributed by atoms with Crippen LogP contribution >= 0.6 is 11.8 Å². The number of hydrogen-bond donors (Lipinski definition) is 1. The Bertz CT molecular complexity index is 445. The third-order valence-corrected chi connectivity index (χ3v) is 4.79. The Morgan fingerprint density at radius 3 is 2.67 bits per heavy atom. The first kappa shape index (κ1) is 13.6. The van der Waals surface area contributed by atoms with Gasteiger partial charge in [-0.15, -0.1) is 5.10 Å². The zero-order valence-corrected chi connectivity index (χ0v) is 12.5. The molecule has 0 aromatic carbocycles. The molecule has 4 nitrogen and oxygen atoms in total. The fourth-order valence-corrected chi connectivity index (χ4v) is 3.45. The standard InChI is InChI=1S/C13H22N4S/c1-9-10(2)15-16-12(11(9)7-14)17-5-6-18-13(3,4)8-17/h5-8,14H2,1-4H3. The lowest BCUT2D eigenvalue weighted by molar-refractivity contribution is 0.634. The fraction of sp³-hybridized carbons (Fsp3) is 0.692. The van der Waals surface area contributed by atoms with E-state index < -0.39 is 0 Å². The van der Waals surface area contributed by atoms with E-state index in [-0.39, 0.29) is 4.75 Å². The minimum absolute atomic E-state index is 0.268. The van der Waals surface area contributed by atoms with Gasteiger partial charge in [0.25, 0.3) is 0 Å². The van der Waals surface area contributed by atoms with Crippen molar-refractivity contribution in [3.63, 3.8) is 0 Å². The summed E-state index contributed by atoms with van der Waals surface area (Å²) >= 11 is 2.02. The summed E-state index contributed by atoms with van der Waals surface area (Å²) in [5.41, 5.74) is 9.19. The summed E-state index contributed by atoms with van der Waals surface area (Å²) < 4.78 is 0.268. The highest BCUT2D eigenvalue weighted by molar-refractivity contribution is 8.00. The van der Waals surface area contributed by atoms with E-state index in [1.165, 1.54) is 5.56 Å². The van der Waals surface area contributed by atoms with Crippen LogP contribution in [0.2, 0.25) is 0 Å². The summed E-state index contributed by atoms with van der Waals surface area (Å²) in [6.07, 6.45) is 0. The summed E-state index contributed by atoms with van der Waals surface area (Å²) in [5.74, 6) is 2.11. The van der Waals surface area contributed by atoms with Crippen molar-refractivity contribution in [3.8, 4) is 0 Å². The van der Waals surface area contributed by atoms with Gasteiger partial charge in [0, 0.05) is 35.7 Å². The van der Waals surface area contributed by atoms with Gasteiger partial charge >= 0.3 is 0 Å². The minimum atomic E-state index is 0.268. The normalized spacial score (nSPS) is 19.1. The maximum Gasteiger partial charge on any atom is 0.156 e. The topological polar surface area (TPSA) is 55.0 Å². The van der Waals surface area contributed by atoms with E-state index in [0.29, 0.717) is 6.54 Å². The second kappa shape index (κ2) is 5.05. The number of nitrogens with zero attached hydrogens (tertiary/aromatic N) is 3. The van der Waals surface area contributed by atoms with E-state index in [2.05, 4.69) is 35.9 Å².